The maximum atomic E-state index is 12.7. The van der Waals surface area contributed by atoms with Crippen molar-refractivity contribution >= 4 is 51.1 Å². The van der Waals surface area contributed by atoms with E-state index in [1.54, 1.807) is 23.9 Å². The van der Waals surface area contributed by atoms with E-state index in [1.165, 1.54) is 6.92 Å². The highest BCUT2D eigenvalue weighted by Crippen LogP contribution is 2.35. The quantitative estimate of drug-likeness (QED) is 0.307. The lowest BCUT2D eigenvalue weighted by Gasteiger charge is -2.10. The number of aromatic amines is 2. The minimum Gasteiger partial charge on any atom is -0.353 e. The monoisotopic (exact) mass is 412 g/mol. The van der Waals surface area contributed by atoms with Crippen LogP contribution in [-0.4, -0.2) is 22.0 Å². The third kappa shape index (κ3) is 3.48. The first kappa shape index (κ1) is 20.2. The summed E-state index contributed by atoms with van der Waals surface area (Å²) in [6.07, 6.45) is 1.99. The lowest BCUT2D eigenvalue weighted by atomic mass is 9.97. The predicted molar refractivity (Wildman–Crippen MR) is 120 cm³/mol. The van der Waals surface area contributed by atoms with E-state index >= 15 is 0 Å². The maximum Gasteiger partial charge on any atom is 0.260 e. The van der Waals surface area contributed by atoms with Crippen molar-refractivity contribution in [3.8, 4) is 11.1 Å². The average molecular weight is 413 g/mol. The second kappa shape index (κ2) is 8.25. The molecule has 4 aromatic rings. The van der Waals surface area contributed by atoms with Gasteiger partial charge in [-0.3, -0.25) is 9.59 Å². The first-order valence-corrected chi connectivity index (χ1v) is 10.6. The number of hydrogen-bond donors (Lipinski definition) is 2. The van der Waals surface area contributed by atoms with Gasteiger partial charge in [0.25, 0.3) is 5.56 Å². The molecule has 144 valence electrons. The largest absolute Gasteiger partial charge is 0.353 e. The van der Waals surface area contributed by atoms with Crippen molar-refractivity contribution in [1.29, 1.82) is 0 Å². The lowest BCUT2D eigenvalue weighted by Crippen LogP contribution is -2.17. The van der Waals surface area contributed by atoms with Gasteiger partial charge < -0.3 is 9.97 Å². The van der Waals surface area contributed by atoms with Crippen molar-refractivity contribution in [1.82, 2.24) is 9.97 Å². The van der Waals surface area contributed by atoms with Crippen LogP contribution in [0.2, 0.25) is 5.02 Å². The molecular formula is C22H21ClN2O2S. The number of Topliss-reactive ketones (excluding diaryl/α,β-unsaturated/α-hetero) is 1. The Balaban J connectivity index is 0.00000109. The third-order valence-electron chi connectivity index (χ3n) is 4.44. The van der Waals surface area contributed by atoms with Gasteiger partial charge in [0, 0.05) is 26.4 Å². The highest BCUT2D eigenvalue weighted by molar-refractivity contribution is 7.98. The maximum absolute atomic E-state index is 12.7. The molecule has 28 heavy (non-hydrogen) atoms. The number of nitrogens with one attached hydrogen (secondary N) is 2. The van der Waals surface area contributed by atoms with Crippen LogP contribution in [0.4, 0.5) is 0 Å². The van der Waals surface area contributed by atoms with Gasteiger partial charge in [-0.2, -0.15) is 0 Å². The van der Waals surface area contributed by atoms with Crippen molar-refractivity contribution < 1.29 is 4.79 Å². The number of pyridine rings is 1. The molecule has 0 saturated carbocycles. The molecule has 0 unspecified atom stereocenters. The molecule has 0 aliphatic rings. The number of carbonyl (C=O) groups is 1. The van der Waals surface area contributed by atoms with Gasteiger partial charge in [0.05, 0.1) is 16.6 Å². The topological polar surface area (TPSA) is 65.7 Å². The van der Waals surface area contributed by atoms with Gasteiger partial charge in [-0.05, 0) is 49.1 Å². The molecule has 0 fully saturated rings. The molecule has 0 aliphatic heterocycles. The number of thioether (sulfide) groups is 1. The van der Waals surface area contributed by atoms with Gasteiger partial charge in [-0.25, -0.2) is 0 Å². The van der Waals surface area contributed by atoms with Gasteiger partial charge in [0.2, 0.25) is 0 Å². The lowest BCUT2D eigenvalue weighted by molar-refractivity contribution is 0.101. The molecule has 0 spiro atoms. The van der Waals surface area contributed by atoms with Crippen LogP contribution in [0.3, 0.4) is 0 Å². The first-order chi connectivity index (χ1) is 13.5. The molecule has 0 saturated heterocycles. The molecule has 0 atom stereocenters. The van der Waals surface area contributed by atoms with E-state index in [-0.39, 0.29) is 11.3 Å². The molecule has 2 N–H and O–H groups in total. The zero-order valence-electron chi connectivity index (χ0n) is 16.1. The standard InChI is InChI=1S/C20H15ClN2O2S.C2H6/c1-10(24)16-17(11-4-3-5-13(8-11)26-2)19-18(23-20(16)25)14-9-12(21)6-7-15(14)22-19;1-2/h3-9,22H,1-2H3,(H,23,25);1-2H3. The number of aromatic nitrogens is 2. The van der Waals surface area contributed by atoms with E-state index < -0.39 is 5.56 Å². The van der Waals surface area contributed by atoms with Gasteiger partial charge in [-0.1, -0.05) is 37.6 Å². The number of carbonyl (C=O) groups excluding carboxylic acids is 1. The molecule has 4 rings (SSSR count). The zero-order valence-corrected chi connectivity index (χ0v) is 17.7. The fraction of sp³-hybridized carbons (Fsp3) is 0.182. The van der Waals surface area contributed by atoms with Crippen LogP contribution in [0, 0.1) is 0 Å². The Labute approximate surface area is 172 Å². The molecule has 6 heteroatoms. The second-order valence-corrected chi connectivity index (χ2v) is 7.37. The van der Waals surface area contributed by atoms with Crippen LogP contribution < -0.4 is 5.56 Å². The van der Waals surface area contributed by atoms with Gasteiger partial charge in [-0.15, -0.1) is 11.8 Å². The number of fused-ring (bicyclic) bond motifs is 3. The molecule has 0 amide bonds. The summed E-state index contributed by atoms with van der Waals surface area (Å²) < 4.78 is 0. The predicted octanol–water partition coefficient (Wildman–Crippen LogP) is 6.28. The summed E-state index contributed by atoms with van der Waals surface area (Å²) in [6, 6.07) is 13.3. The summed E-state index contributed by atoms with van der Waals surface area (Å²) >= 11 is 7.74. The fourth-order valence-electron chi connectivity index (χ4n) is 3.30. The van der Waals surface area contributed by atoms with Crippen molar-refractivity contribution in [2.45, 2.75) is 25.7 Å². The Hall–Kier alpha value is -2.50. The molecule has 0 bridgehead atoms. The van der Waals surface area contributed by atoms with Crippen molar-refractivity contribution in [2.75, 3.05) is 6.26 Å². The van der Waals surface area contributed by atoms with Crippen LogP contribution in [0.25, 0.3) is 33.1 Å². The summed E-state index contributed by atoms with van der Waals surface area (Å²) in [6.45, 7) is 5.41. The molecule has 2 aromatic carbocycles. The van der Waals surface area contributed by atoms with E-state index in [9.17, 15) is 9.59 Å². The van der Waals surface area contributed by atoms with Crippen LogP contribution in [0.15, 0.2) is 52.2 Å². The normalized spacial score (nSPS) is 10.8. The van der Waals surface area contributed by atoms with Crippen molar-refractivity contribution in [3.05, 3.63) is 63.4 Å². The molecular weight excluding hydrogens is 392 g/mol. The molecule has 0 radical (unpaired) electrons. The number of ketones is 1. The smallest absolute Gasteiger partial charge is 0.260 e. The Kier molecular flexibility index (Phi) is 5.96. The van der Waals surface area contributed by atoms with Gasteiger partial charge >= 0.3 is 0 Å². The van der Waals surface area contributed by atoms with E-state index in [0.29, 0.717) is 16.1 Å². The number of benzene rings is 2. The van der Waals surface area contributed by atoms with E-state index in [2.05, 4.69) is 9.97 Å². The summed E-state index contributed by atoms with van der Waals surface area (Å²) in [7, 11) is 0. The van der Waals surface area contributed by atoms with Crippen molar-refractivity contribution in [2.24, 2.45) is 0 Å². The van der Waals surface area contributed by atoms with E-state index in [4.69, 9.17) is 11.6 Å². The number of rotatable bonds is 3. The summed E-state index contributed by atoms with van der Waals surface area (Å²) in [5.41, 5.74) is 3.45. The molecule has 4 nitrogen and oxygen atoms in total. The van der Waals surface area contributed by atoms with Crippen LogP contribution >= 0.6 is 23.4 Å². The summed E-state index contributed by atoms with van der Waals surface area (Å²) in [4.78, 5) is 32.3. The molecule has 0 aliphatic carbocycles. The minimum atomic E-state index is -0.393. The van der Waals surface area contributed by atoms with Gasteiger partial charge in [0.1, 0.15) is 0 Å². The zero-order chi connectivity index (χ0) is 20.4. The van der Waals surface area contributed by atoms with E-state index in [0.717, 1.165) is 26.9 Å². The second-order valence-electron chi connectivity index (χ2n) is 6.06. The minimum absolute atomic E-state index is 0.161. The van der Waals surface area contributed by atoms with Crippen LogP contribution in [-0.2, 0) is 0 Å². The fourth-order valence-corrected chi connectivity index (χ4v) is 3.93. The van der Waals surface area contributed by atoms with Crippen LogP contribution in [0.5, 0.6) is 0 Å². The SMILES string of the molecule is CC.CSc1cccc(-c2c(C(C)=O)c(=O)[nH]c3c2[nH]c2ccc(Cl)cc23)c1. The average Bonchev–Trinajstić information content (AvgIpc) is 3.05. The Morgan fingerprint density at radius 1 is 1.04 bits per heavy atom. The Bertz CT molecular complexity index is 1240. The Morgan fingerprint density at radius 3 is 2.46 bits per heavy atom. The highest BCUT2D eigenvalue weighted by Gasteiger charge is 2.21. The third-order valence-corrected chi connectivity index (χ3v) is 5.40. The number of H-pyrrole nitrogens is 2. The summed E-state index contributed by atoms with van der Waals surface area (Å²) in [5.74, 6) is -0.269. The first-order valence-electron chi connectivity index (χ1n) is 9.02. The van der Waals surface area contributed by atoms with Crippen molar-refractivity contribution in [3.63, 3.8) is 0 Å². The van der Waals surface area contributed by atoms with E-state index in [1.807, 2.05) is 50.4 Å². The summed E-state index contributed by atoms with van der Waals surface area (Å²) in [5, 5.41) is 1.41. The Morgan fingerprint density at radius 2 is 1.79 bits per heavy atom. The molecule has 2 aromatic heterocycles. The molecule has 2 heterocycles. The number of halogens is 1. The highest BCUT2D eigenvalue weighted by atomic mass is 35.5. The van der Waals surface area contributed by atoms with Crippen LogP contribution in [0.1, 0.15) is 31.1 Å². The van der Waals surface area contributed by atoms with Gasteiger partial charge in [0.15, 0.2) is 5.78 Å². The number of hydrogen-bond acceptors (Lipinski definition) is 3.